The Kier molecular flexibility index (Phi) is 31.9. The summed E-state index contributed by atoms with van der Waals surface area (Å²) in [6.07, 6.45) is 15.6. The van der Waals surface area contributed by atoms with E-state index in [4.69, 9.17) is 14.2 Å². The predicted octanol–water partition coefficient (Wildman–Crippen LogP) is 7.03. The van der Waals surface area contributed by atoms with Crippen LogP contribution in [0, 0.1) is 29.1 Å². The number of hydrogen-bond acceptors (Lipinski definition) is 24. The van der Waals surface area contributed by atoms with Gasteiger partial charge >= 0.3 is 18.3 Å². The summed E-state index contributed by atoms with van der Waals surface area (Å²) in [5.74, 6) is -8.65. The van der Waals surface area contributed by atoms with Gasteiger partial charge < -0.3 is 60.8 Å². The van der Waals surface area contributed by atoms with Gasteiger partial charge in [-0.1, -0.05) is 146 Å². The first-order valence-electron chi connectivity index (χ1n) is 51.9. The van der Waals surface area contributed by atoms with Gasteiger partial charge in [0.2, 0.25) is 83.2 Å². The van der Waals surface area contributed by atoms with Gasteiger partial charge in [0.05, 0.1) is 35.4 Å². The van der Waals surface area contributed by atoms with Crippen molar-refractivity contribution in [3.63, 3.8) is 0 Å². The molecule has 6 aliphatic carbocycles. The zero-order chi connectivity index (χ0) is 105. The van der Waals surface area contributed by atoms with Crippen LogP contribution in [0.25, 0.3) is 0 Å². The Morgan fingerprint density at radius 2 is 0.733 bits per heavy atom. The predicted molar refractivity (Wildman–Crippen MR) is 532 cm³/mol. The van der Waals surface area contributed by atoms with Crippen molar-refractivity contribution in [3.05, 3.63) is 143 Å². The number of carbonyl (C=O) groups excluding carboxylic acids is 15. The monoisotopic (exact) mass is 2080 g/mol. The third-order valence-electron chi connectivity index (χ3n) is 31.3. The Morgan fingerprint density at radius 3 is 1.04 bits per heavy atom. The molecule has 15 aliphatic rings. The van der Waals surface area contributed by atoms with Crippen LogP contribution in [0.4, 0.5) is 14.4 Å². The van der Waals surface area contributed by atoms with Crippen LogP contribution in [0.1, 0.15) is 265 Å². The molecule has 9 fully saturated rings. The molecule has 15 atom stereocenters. The first-order valence-corrected chi connectivity index (χ1v) is 56.5. The molecule has 3 saturated heterocycles. The van der Waals surface area contributed by atoms with E-state index in [0.29, 0.717) is 110 Å². The summed E-state index contributed by atoms with van der Waals surface area (Å²) in [5, 5.41) is 15.0. The molecule has 0 unspecified atom stereocenters. The van der Waals surface area contributed by atoms with Gasteiger partial charge in [-0.3, -0.25) is 86.4 Å². The third kappa shape index (κ3) is 23.9. The maximum Gasteiger partial charge on any atom is 0.410 e. The quantitative estimate of drug-likeness (QED) is 0.0360. The summed E-state index contributed by atoms with van der Waals surface area (Å²) in [6.45, 7) is 24.4. The molecule has 0 spiro atoms. The first-order chi connectivity index (χ1) is 69.4. The number of fused-ring (bicyclic) bond motifs is 9. The van der Waals surface area contributed by atoms with E-state index in [0.717, 1.165) is 97.6 Å². The molecular weight excluding hydrogens is 1940 g/mol. The smallest absolute Gasteiger partial charge is 0.410 e. The van der Waals surface area contributed by atoms with Crippen molar-refractivity contribution in [1.29, 1.82) is 0 Å². The molecule has 9 heterocycles. The van der Waals surface area contributed by atoms with E-state index in [1.165, 1.54) is 49.6 Å². The normalized spacial score (nSPS) is 29.2. The van der Waals surface area contributed by atoms with Gasteiger partial charge in [-0.2, -0.15) is 0 Å². The summed E-state index contributed by atoms with van der Waals surface area (Å²) in [7, 11) is -11.6. The number of carbonyl (C=O) groups is 15. The average molecular weight is 2080 g/mol. The lowest BCUT2D eigenvalue weighted by Gasteiger charge is -2.35. The van der Waals surface area contributed by atoms with Gasteiger partial charge in [0.1, 0.15) is 71.2 Å². The van der Waals surface area contributed by atoms with E-state index in [2.05, 4.69) is 84.0 Å². The highest BCUT2D eigenvalue weighted by atomic mass is 32.2. The van der Waals surface area contributed by atoms with Crippen LogP contribution >= 0.6 is 0 Å². The Labute approximate surface area is 852 Å². The molecule has 12 bridgehead atoms. The molecule has 792 valence electrons. The Morgan fingerprint density at radius 1 is 0.425 bits per heavy atom. The lowest BCUT2D eigenvalue weighted by atomic mass is 9.85. The second-order valence-corrected chi connectivity index (χ2v) is 49.5. The molecule has 9 aliphatic heterocycles. The van der Waals surface area contributed by atoms with E-state index in [1.807, 2.05) is 64.1 Å². The van der Waals surface area contributed by atoms with Crippen molar-refractivity contribution in [1.82, 2.24) is 75.5 Å². The summed E-state index contributed by atoms with van der Waals surface area (Å²) >= 11 is 0. The van der Waals surface area contributed by atoms with E-state index >= 15 is 0 Å². The summed E-state index contributed by atoms with van der Waals surface area (Å²) in [4.78, 5) is 213. The van der Waals surface area contributed by atoms with E-state index in [1.54, 1.807) is 28.5 Å². The fraction of sp³-hybridized carbons (Fsp3) is 0.625. The SMILES string of the molecule is C=C[C@@H]1C[C@]1(NC(=O)[C@@H]1C[C@@H]2CN1C(=O)[C@H](C(C)(C)C)NC(=O)CCCCCc1cccc3c1CN(C3)C(=O)O2)C(=O)NS(=O)(=O)C1CC1.C=C[C@@H]1C[C@]1(NC(=O)[C@@H]1C[C@@H]2CN1C(=O)[C@H](C(C)C)NC(=O)CCCCCc1cccc3c1CN(C3)C(=O)O2)C(=O)NS(=O)(=O)C1CC1.C=C[C@@H]1C[C@]1(NC(=O)[C@@H]1C[C@@H]2CN1C(=O)[C@H](CCCC)NC(=O)CCCCCc1cccc3c1CN(C3)C(=O)O2)C(=O)NS(=O)(=O)C1CC1. The molecule has 39 nitrogen and oxygen atoms in total. The highest BCUT2D eigenvalue weighted by molar-refractivity contribution is 7.91. The second kappa shape index (κ2) is 43.5. The van der Waals surface area contributed by atoms with Crippen LogP contribution in [0.3, 0.4) is 0 Å². The number of amides is 15. The van der Waals surface area contributed by atoms with Crippen LogP contribution in [0.15, 0.2) is 92.6 Å². The molecule has 18 rings (SSSR count). The molecule has 15 amide bonds. The molecule has 3 aromatic rings. The van der Waals surface area contributed by atoms with Gasteiger partial charge in [-0.25, -0.2) is 39.6 Å². The Hall–Kier alpha value is -11.8. The van der Waals surface area contributed by atoms with Crippen molar-refractivity contribution in [2.75, 3.05) is 19.6 Å². The number of aryl methyl sites for hydroxylation is 3. The lowest BCUT2D eigenvalue weighted by Crippen LogP contribution is -2.60. The number of nitrogens with zero attached hydrogens (tertiary/aromatic N) is 6. The van der Waals surface area contributed by atoms with Gasteiger partial charge in [-0.15, -0.1) is 19.7 Å². The zero-order valence-electron chi connectivity index (χ0n) is 84.1. The fourth-order valence-corrected chi connectivity index (χ4v) is 25.9. The molecule has 0 aromatic heterocycles. The minimum absolute atomic E-state index is 0.0272. The molecule has 0 radical (unpaired) electrons. The fourth-order valence-electron chi connectivity index (χ4n) is 21.8. The van der Waals surface area contributed by atoms with Gasteiger partial charge in [0.15, 0.2) is 0 Å². The van der Waals surface area contributed by atoms with E-state index in [9.17, 15) is 97.2 Å². The number of hydrogen-bond donors (Lipinski definition) is 9. The Balaban J connectivity index is 0.000000157. The number of rotatable bonds is 22. The van der Waals surface area contributed by atoms with Crippen LogP contribution in [-0.4, -0.2) is 250 Å². The van der Waals surface area contributed by atoms with E-state index in [-0.39, 0.29) is 101 Å². The van der Waals surface area contributed by atoms with Crippen molar-refractivity contribution >= 4 is 119 Å². The topological polar surface area (TPSA) is 514 Å². The molecule has 6 saturated carbocycles. The zero-order valence-corrected chi connectivity index (χ0v) is 86.5. The first kappa shape index (κ1) is 107. The number of ether oxygens (including phenoxy) is 3. The highest BCUT2D eigenvalue weighted by Crippen LogP contribution is 2.50. The average Bonchev–Trinajstić information content (AvgIpc) is 1.58. The lowest BCUT2D eigenvalue weighted by molar-refractivity contribution is -0.144. The number of sulfonamides is 3. The third-order valence-corrected chi connectivity index (χ3v) is 36.8. The van der Waals surface area contributed by atoms with Crippen LogP contribution in [-0.2, 0) is 160 Å². The standard InChI is InChI=1S/2C35H47N5O8S.C34H45N5O8S/c1-5-23-17-35(23,32(44)38-49(46,47)25-14-15-25)37-30(42)27-16-24-19-40(27)31(43)29(34(2,3)4)36-28(41)13-8-6-7-10-21-11-9-12-22-18-39(20-26(21)22)33(45)48-24;1-3-5-13-28-32(43)40-20-25(17-29(40)31(42)37-35(18-24(35)4-2)33(44)38-49(46,47)26-15-16-26)48-34(45)39-19-23-12-9-11-22(27(23)21-39)10-7-6-8-14-30(41)36-28;1-4-23-16-34(23,32(43)37-48(45,46)25-13-14-25)36-30(41)27-15-24-18-39(27)31(42)29(20(2)3)35-28(40)12-7-5-6-9-21-10-8-11-22-17-38(19-26(21)22)33(44)47-24/h5,9,11-12,23-25,27,29H,1,6-8,10,13-20H2,2-4H3,(H,36,41)(H,37,42)(H,38,44);4,9,11-12,24-26,28-29H,2-3,5-8,10,13-21H2,1H3,(H,36,41)(H,37,42)(H,38,44);4,8,10-11,20,23-25,27,29H,1,5-7,9,12-19H2,2-3H3,(H,35,40)(H,36,41)(H,37,43)/t23-,24-,27+,29-,35-;24-,25-,28+,29+,35-;23-,24-,27+,29+,34-/m111/s1. The molecule has 3 aromatic carbocycles. The van der Waals surface area contributed by atoms with Crippen molar-refractivity contribution in [2.24, 2.45) is 29.1 Å². The van der Waals surface area contributed by atoms with Crippen molar-refractivity contribution < 1.29 is 111 Å². The van der Waals surface area contributed by atoms with Crippen molar-refractivity contribution in [2.45, 2.75) is 360 Å². The maximum atomic E-state index is 14.3. The summed E-state index contributed by atoms with van der Waals surface area (Å²) in [5.41, 5.74) is 4.61. The molecular formula is C104H139N15O24S3. The largest absolute Gasteiger partial charge is 0.444 e. The Bertz CT molecular complexity index is 6060. The van der Waals surface area contributed by atoms with Gasteiger partial charge in [-0.05, 0) is 183 Å². The van der Waals surface area contributed by atoms with E-state index < -0.39 is 212 Å². The minimum atomic E-state index is -3.89. The molecule has 42 heteroatoms. The van der Waals surface area contributed by atoms with Gasteiger partial charge in [0.25, 0.3) is 17.7 Å². The number of unbranched alkanes of at least 4 members (excludes halogenated alkanes) is 1. The van der Waals surface area contributed by atoms with Crippen molar-refractivity contribution in [3.8, 4) is 0 Å². The van der Waals surface area contributed by atoms with Gasteiger partial charge in [0, 0.05) is 95.5 Å². The molecule has 146 heavy (non-hydrogen) atoms. The minimum Gasteiger partial charge on any atom is -0.444 e. The summed E-state index contributed by atoms with van der Waals surface area (Å²) < 4.78 is 99.9. The van der Waals surface area contributed by atoms with Crippen LogP contribution in [0.2, 0.25) is 0 Å². The number of benzene rings is 3. The van der Waals surface area contributed by atoms with Crippen LogP contribution in [0.5, 0.6) is 0 Å². The maximum absolute atomic E-state index is 14.3. The number of nitrogens with one attached hydrogen (secondary N) is 9. The summed E-state index contributed by atoms with van der Waals surface area (Å²) in [6, 6.07) is 11.9. The highest BCUT2D eigenvalue weighted by Gasteiger charge is 2.66. The van der Waals surface area contributed by atoms with Crippen LogP contribution < -0.4 is 46.1 Å². The molecule has 9 N–H and O–H groups in total. The second-order valence-electron chi connectivity index (χ2n) is 43.6.